The molecule has 7 nitrogen and oxygen atoms in total. The van der Waals surface area contributed by atoms with Gasteiger partial charge < -0.3 is 10.6 Å². The molecule has 8 heteroatoms. The number of carbonyl (C=O) groups is 1. The quantitative estimate of drug-likeness (QED) is 0.575. The van der Waals surface area contributed by atoms with Gasteiger partial charge in [0.15, 0.2) is 0 Å². The molecule has 0 aliphatic carbocycles. The van der Waals surface area contributed by atoms with Gasteiger partial charge in [0.25, 0.3) is 5.69 Å². The normalized spacial score (nSPS) is 10.3. The van der Waals surface area contributed by atoms with Crippen molar-refractivity contribution in [2.75, 3.05) is 17.2 Å². The van der Waals surface area contributed by atoms with Crippen molar-refractivity contribution in [3.63, 3.8) is 0 Å². The van der Waals surface area contributed by atoms with E-state index in [0.717, 1.165) is 15.7 Å². The molecule has 126 valence electrons. The number of amides is 1. The van der Waals surface area contributed by atoms with E-state index in [-0.39, 0.29) is 18.0 Å². The molecule has 0 atom stereocenters. The van der Waals surface area contributed by atoms with Crippen LogP contribution in [0.15, 0.2) is 34.9 Å². The van der Waals surface area contributed by atoms with Gasteiger partial charge in [-0.05, 0) is 37.1 Å². The molecule has 0 aliphatic heterocycles. The zero-order chi connectivity index (χ0) is 17.7. The third kappa shape index (κ3) is 4.76. The second-order valence-electron chi connectivity index (χ2n) is 5.30. The van der Waals surface area contributed by atoms with Crippen LogP contribution < -0.4 is 10.6 Å². The molecule has 2 N–H and O–H groups in total. The summed E-state index contributed by atoms with van der Waals surface area (Å²) >= 11 is 3.37. The van der Waals surface area contributed by atoms with Gasteiger partial charge >= 0.3 is 0 Å². The van der Waals surface area contributed by atoms with Crippen molar-refractivity contribution >= 4 is 39.0 Å². The molecule has 0 unspecified atom stereocenters. The lowest BCUT2D eigenvalue weighted by molar-refractivity contribution is -0.385. The fourth-order valence-corrected chi connectivity index (χ4v) is 2.44. The van der Waals surface area contributed by atoms with E-state index in [0.29, 0.717) is 17.9 Å². The number of hydrogen-bond donors (Lipinski definition) is 2. The number of nitro groups is 1. The number of aryl methyl sites for hydroxylation is 2. The van der Waals surface area contributed by atoms with Gasteiger partial charge in [-0.3, -0.25) is 14.9 Å². The van der Waals surface area contributed by atoms with Crippen LogP contribution in [0.5, 0.6) is 0 Å². The minimum Gasteiger partial charge on any atom is -0.369 e. The fourth-order valence-electron chi connectivity index (χ4n) is 2.08. The number of aromatic nitrogens is 1. The molecular formula is C16H17BrN4O3. The average Bonchev–Trinajstić information content (AvgIpc) is 2.52. The maximum absolute atomic E-state index is 12.0. The number of halogens is 1. The molecule has 1 aromatic carbocycles. The molecule has 24 heavy (non-hydrogen) atoms. The molecule has 1 amide bonds. The first kappa shape index (κ1) is 17.9. The highest BCUT2D eigenvalue weighted by molar-refractivity contribution is 9.10. The van der Waals surface area contributed by atoms with Gasteiger partial charge in [-0.1, -0.05) is 22.0 Å². The van der Waals surface area contributed by atoms with Gasteiger partial charge in [-0.2, -0.15) is 0 Å². The number of carbonyl (C=O) groups excluding carboxylic acids is 1. The lowest BCUT2D eigenvalue weighted by Gasteiger charge is -2.10. The Morgan fingerprint density at radius 2 is 2.04 bits per heavy atom. The first-order valence-corrected chi connectivity index (χ1v) is 8.07. The fraction of sp³-hybridized carbons (Fsp3) is 0.250. The Kier molecular flexibility index (Phi) is 5.86. The number of benzene rings is 1. The number of anilines is 2. The predicted molar refractivity (Wildman–Crippen MR) is 96.2 cm³/mol. The molecule has 0 fully saturated rings. The molecule has 0 saturated carbocycles. The van der Waals surface area contributed by atoms with Crippen molar-refractivity contribution in [1.82, 2.24) is 4.98 Å². The zero-order valence-electron chi connectivity index (χ0n) is 13.3. The SMILES string of the molecule is Cc1ccc(Br)cc1NC(=O)CCNc1ncc([N+](=O)[O-])cc1C. The van der Waals surface area contributed by atoms with E-state index in [1.165, 1.54) is 12.3 Å². The van der Waals surface area contributed by atoms with Crippen LogP contribution in [-0.4, -0.2) is 22.4 Å². The minimum atomic E-state index is -0.489. The molecule has 2 rings (SSSR count). The van der Waals surface area contributed by atoms with E-state index >= 15 is 0 Å². The molecule has 0 radical (unpaired) electrons. The summed E-state index contributed by atoms with van der Waals surface area (Å²) in [4.78, 5) is 26.2. The number of nitrogens with zero attached hydrogens (tertiary/aromatic N) is 2. The summed E-state index contributed by atoms with van der Waals surface area (Å²) in [5.74, 6) is 0.412. The number of hydrogen-bond acceptors (Lipinski definition) is 5. The molecule has 0 bridgehead atoms. The van der Waals surface area contributed by atoms with Gasteiger partial charge in [0, 0.05) is 29.2 Å². The monoisotopic (exact) mass is 392 g/mol. The standard InChI is InChI=1S/C16H17BrN4O3/c1-10-3-4-12(17)8-14(10)20-15(22)5-6-18-16-11(2)7-13(9-19-16)21(23)24/h3-4,7-9H,5-6H2,1-2H3,(H,18,19)(H,20,22). The zero-order valence-corrected chi connectivity index (χ0v) is 14.9. The van der Waals surface area contributed by atoms with Crippen LogP contribution in [0.2, 0.25) is 0 Å². The first-order valence-electron chi connectivity index (χ1n) is 7.27. The van der Waals surface area contributed by atoms with Crippen molar-refractivity contribution in [2.45, 2.75) is 20.3 Å². The van der Waals surface area contributed by atoms with E-state index in [9.17, 15) is 14.9 Å². The van der Waals surface area contributed by atoms with Crippen molar-refractivity contribution in [3.05, 3.63) is 56.2 Å². The average molecular weight is 393 g/mol. The highest BCUT2D eigenvalue weighted by Crippen LogP contribution is 2.21. The van der Waals surface area contributed by atoms with Crippen LogP contribution >= 0.6 is 15.9 Å². The minimum absolute atomic E-state index is 0.0547. The molecule has 1 aromatic heterocycles. The van der Waals surface area contributed by atoms with Gasteiger partial charge in [-0.15, -0.1) is 0 Å². The molecule has 0 spiro atoms. The van der Waals surface area contributed by atoms with E-state index in [1.54, 1.807) is 6.92 Å². The lowest BCUT2D eigenvalue weighted by Crippen LogP contribution is -2.17. The molecule has 0 saturated heterocycles. The Morgan fingerprint density at radius 1 is 1.29 bits per heavy atom. The highest BCUT2D eigenvalue weighted by Gasteiger charge is 2.10. The summed E-state index contributed by atoms with van der Waals surface area (Å²) in [6.45, 7) is 4.03. The van der Waals surface area contributed by atoms with Crippen LogP contribution in [-0.2, 0) is 4.79 Å². The Balaban J connectivity index is 1.89. The van der Waals surface area contributed by atoms with Crippen LogP contribution in [0, 0.1) is 24.0 Å². The van der Waals surface area contributed by atoms with Gasteiger partial charge in [0.05, 0.1) is 4.92 Å². The van der Waals surface area contributed by atoms with Crippen molar-refractivity contribution < 1.29 is 9.72 Å². The second-order valence-corrected chi connectivity index (χ2v) is 6.22. The Labute approximate surface area is 147 Å². The van der Waals surface area contributed by atoms with Gasteiger partial charge in [0.2, 0.25) is 5.91 Å². The molecule has 2 aromatic rings. The number of rotatable bonds is 6. The van der Waals surface area contributed by atoms with Crippen molar-refractivity contribution in [2.24, 2.45) is 0 Å². The van der Waals surface area contributed by atoms with Crippen LogP contribution in [0.1, 0.15) is 17.5 Å². The van der Waals surface area contributed by atoms with Crippen LogP contribution in [0.25, 0.3) is 0 Å². The molecule has 1 heterocycles. The van der Waals surface area contributed by atoms with Crippen LogP contribution in [0.3, 0.4) is 0 Å². The van der Waals surface area contributed by atoms with Crippen molar-refractivity contribution in [1.29, 1.82) is 0 Å². The second kappa shape index (κ2) is 7.87. The summed E-state index contributed by atoms with van der Waals surface area (Å²) in [5.41, 5.74) is 2.35. The maximum atomic E-state index is 12.0. The maximum Gasteiger partial charge on any atom is 0.287 e. The lowest BCUT2D eigenvalue weighted by atomic mass is 10.2. The smallest absolute Gasteiger partial charge is 0.287 e. The third-order valence-electron chi connectivity index (χ3n) is 3.39. The van der Waals surface area contributed by atoms with Crippen LogP contribution in [0.4, 0.5) is 17.2 Å². The summed E-state index contributed by atoms with van der Waals surface area (Å²) in [6, 6.07) is 7.13. The first-order chi connectivity index (χ1) is 11.4. The summed E-state index contributed by atoms with van der Waals surface area (Å²) in [5, 5.41) is 16.6. The van der Waals surface area contributed by atoms with E-state index in [4.69, 9.17) is 0 Å². The molecule has 0 aliphatic rings. The largest absolute Gasteiger partial charge is 0.369 e. The Hall–Kier alpha value is -2.48. The topological polar surface area (TPSA) is 97.2 Å². The van der Waals surface area contributed by atoms with Gasteiger partial charge in [-0.25, -0.2) is 4.98 Å². The third-order valence-corrected chi connectivity index (χ3v) is 3.89. The number of nitrogens with one attached hydrogen (secondary N) is 2. The van der Waals surface area contributed by atoms with Gasteiger partial charge in [0.1, 0.15) is 12.0 Å². The highest BCUT2D eigenvalue weighted by atomic mass is 79.9. The summed E-state index contributed by atoms with van der Waals surface area (Å²) < 4.78 is 0.896. The predicted octanol–water partition coefficient (Wildman–Crippen LogP) is 3.81. The van der Waals surface area contributed by atoms with E-state index < -0.39 is 4.92 Å². The summed E-state index contributed by atoms with van der Waals surface area (Å²) in [7, 11) is 0. The number of pyridine rings is 1. The van der Waals surface area contributed by atoms with E-state index in [1.807, 2.05) is 25.1 Å². The van der Waals surface area contributed by atoms with Crippen molar-refractivity contribution in [3.8, 4) is 0 Å². The van der Waals surface area contributed by atoms with E-state index in [2.05, 4.69) is 31.5 Å². The summed E-state index contributed by atoms with van der Waals surface area (Å²) in [6.07, 6.45) is 1.45. The Bertz CT molecular complexity index is 780. The molecular weight excluding hydrogens is 376 g/mol. The Morgan fingerprint density at radius 3 is 2.71 bits per heavy atom.